The molecule has 0 fully saturated rings. The van der Waals surface area contributed by atoms with Gasteiger partial charge in [0.05, 0.1) is 5.75 Å². The minimum Gasteiger partial charge on any atom is -0.347 e. The number of rotatable bonds is 7. The summed E-state index contributed by atoms with van der Waals surface area (Å²) in [4.78, 5) is 0. The summed E-state index contributed by atoms with van der Waals surface area (Å²) in [6.07, 6.45) is 2.78. The minimum absolute atomic E-state index is 0.0268. The van der Waals surface area contributed by atoms with Crippen LogP contribution in [0.25, 0.3) is 10.9 Å². The fraction of sp³-hybridized carbons (Fsp3) is 0.385. The van der Waals surface area contributed by atoms with Crippen LogP contribution in [0.15, 0.2) is 36.5 Å². The predicted molar refractivity (Wildman–Crippen MR) is 79.1 cm³/mol. The molecule has 2 aromatic rings. The van der Waals surface area contributed by atoms with Crippen molar-refractivity contribution < 1.29 is 8.42 Å². The van der Waals surface area contributed by atoms with Crippen LogP contribution < -0.4 is 4.72 Å². The van der Waals surface area contributed by atoms with Crippen LogP contribution in [0.5, 0.6) is 0 Å². The van der Waals surface area contributed by atoms with Crippen molar-refractivity contribution in [1.82, 2.24) is 9.29 Å². The standard InChI is InChI=1S/C13H17ClN2O2S/c14-7-11-19(17,18)15-8-3-9-16-10-6-12-4-1-2-5-13(12)16/h1-2,4-6,10,15H,3,7-9,11H2. The Labute approximate surface area is 118 Å². The van der Waals surface area contributed by atoms with Crippen LogP contribution in [0.4, 0.5) is 0 Å². The third-order valence-electron chi connectivity index (χ3n) is 2.92. The number of halogens is 1. The fourth-order valence-corrected chi connectivity index (χ4v) is 3.40. The van der Waals surface area contributed by atoms with Crippen LogP contribution in [-0.4, -0.2) is 31.2 Å². The summed E-state index contributed by atoms with van der Waals surface area (Å²) >= 11 is 5.42. The first-order valence-electron chi connectivity index (χ1n) is 6.19. The SMILES string of the molecule is O=S(=O)(CCCl)NCCCn1ccc2ccccc21. The molecule has 0 aliphatic rings. The van der Waals surface area contributed by atoms with Gasteiger partial charge in [-0.1, -0.05) is 18.2 Å². The maximum absolute atomic E-state index is 11.4. The van der Waals surface area contributed by atoms with Gasteiger partial charge >= 0.3 is 0 Å². The second kappa shape index (κ2) is 6.41. The molecule has 2 rings (SSSR count). The summed E-state index contributed by atoms with van der Waals surface area (Å²) in [6.45, 7) is 1.22. The zero-order valence-electron chi connectivity index (χ0n) is 10.5. The molecule has 0 spiro atoms. The van der Waals surface area contributed by atoms with Crippen molar-refractivity contribution in [3.05, 3.63) is 36.5 Å². The van der Waals surface area contributed by atoms with Gasteiger partial charge in [0.15, 0.2) is 0 Å². The number of aryl methyl sites for hydroxylation is 1. The third-order valence-corrected chi connectivity index (χ3v) is 4.72. The van der Waals surface area contributed by atoms with Crippen LogP contribution in [0.1, 0.15) is 6.42 Å². The molecule has 6 heteroatoms. The first kappa shape index (κ1) is 14.4. The quantitative estimate of drug-likeness (QED) is 0.629. The largest absolute Gasteiger partial charge is 0.347 e. The van der Waals surface area contributed by atoms with E-state index < -0.39 is 10.0 Å². The lowest BCUT2D eigenvalue weighted by molar-refractivity contribution is 0.573. The number of fused-ring (bicyclic) bond motifs is 1. The third kappa shape index (κ3) is 3.96. The van der Waals surface area contributed by atoms with Crippen molar-refractivity contribution in [1.29, 1.82) is 0 Å². The maximum Gasteiger partial charge on any atom is 0.212 e. The van der Waals surface area contributed by atoms with Gasteiger partial charge < -0.3 is 4.57 Å². The van der Waals surface area contributed by atoms with E-state index in [0.29, 0.717) is 6.54 Å². The second-order valence-electron chi connectivity index (χ2n) is 4.32. The summed E-state index contributed by atoms with van der Waals surface area (Å²) in [5.74, 6) is 0.0958. The van der Waals surface area contributed by atoms with Gasteiger partial charge in [-0.25, -0.2) is 13.1 Å². The second-order valence-corrected chi connectivity index (χ2v) is 6.63. The lowest BCUT2D eigenvalue weighted by Gasteiger charge is -2.07. The summed E-state index contributed by atoms with van der Waals surface area (Å²) < 4.78 is 27.5. The fourth-order valence-electron chi connectivity index (χ4n) is 1.99. The lowest BCUT2D eigenvalue weighted by atomic mass is 10.2. The molecule has 1 aromatic carbocycles. The molecular weight excluding hydrogens is 284 g/mol. The molecule has 0 amide bonds. The van der Waals surface area contributed by atoms with Gasteiger partial charge in [0, 0.05) is 30.7 Å². The van der Waals surface area contributed by atoms with E-state index in [0.717, 1.165) is 13.0 Å². The first-order valence-corrected chi connectivity index (χ1v) is 8.38. The van der Waals surface area contributed by atoms with Crippen molar-refractivity contribution in [2.75, 3.05) is 18.2 Å². The van der Waals surface area contributed by atoms with E-state index in [1.807, 2.05) is 18.3 Å². The van der Waals surface area contributed by atoms with Gasteiger partial charge in [-0.05, 0) is 23.9 Å². The highest BCUT2D eigenvalue weighted by Crippen LogP contribution is 2.15. The molecule has 0 atom stereocenters. The van der Waals surface area contributed by atoms with Crippen molar-refractivity contribution in [3.63, 3.8) is 0 Å². The Morgan fingerprint density at radius 3 is 2.79 bits per heavy atom. The van der Waals surface area contributed by atoms with Crippen LogP contribution in [0, 0.1) is 0 Å². The molecule has 0 bridgehead atoms. The Hall–Kier alpha value is -1.04. The number of aromatic nitrogens is 1. The van der Waals surface area contributed by atoms with E-state index in [9.17, 15) is 8.42 Å². The van der Waals surface area contributed by atoms with Gasteiger partial charge in [0.1, 0.15) is 0 Å². The molecular formula is C13H17ClN2O2S. The van der Waals surface area contributed by atoms with Crippen molar-refractivity contribution in [2.45, 2.75) is 13.0 Å². The number of alkyl halides is 1. The molecule has 4 nitrogen and oxygen atoms in total. The van der Waals surface area contributed by atoms with Gasteiger partial charge in [-0.15, -0.1) is 11.6 Å². The average Bonchev–Trinajstić information content (AvgIpc) is 2.78. The smallest absolute Gasteiger partial charge is 0.212 e. The Morgan fingerprint density at radius 1 is 1.21 bits per heavy atom. The first-order chi connectivity index (χ1) is 9.12. The summed E-state index contributed by atoms with van der Waals surface area (Å²) in [5.41, 5.74) is 1.17. The Kier molecular flexibility index (Phi) is 4.85. The molecule has 0 unspecified atom stereocenters. The molecule has 1 aromatic heterocycles. The van der Waals surface area contributed by atoms with E-state index >= 15 is 0 Å². The molecule has 19 heavy (non-hydrogen) atoms. The summed E-state index contributed by atoms with van der Waals surface area (Å²) in [6, 6.07) is 10.2. The van der Waals surface area contributed by atoms with Crippen LogP contribution in [0.3, 0.4) is 0 Å². The molecule has 0 radical (unpaired) electrons. The number of hydrogen-bond donors (Lipinski definition) is 1. The Balaban J connectivity index is 1.86. The van der Waals surface area contributed by atoms with Crippen molar-refractivity contribution in [3.8, 4) is 0 Å². The molecule has 0 saturated heterocycles. The molecule has 104 valence electrons. The predicted octanol–water partition coefficient (Wildman–Crippen LogP) is 2.19. The van der Waals surface area contributed by atoms with E-state index in [-0.39, 0.29) is 11.6 Å². The Morgan fingerprint density at radius 2 is 2.00 bits per heavy atom. The molecule has 1 heterocycles. The summed E-state index contributed by atoms with van der Waals surface area (Å²) in [5, 5.41) is 1.20. The van der Waals surface area contributed by atoms with Crippen molar-refractivity contribution in [2.24, 2.45) is 0 Å². The minimum atomic E-state index is -3.21. The molecule has 0 aliphatic heterocycles. The van der Waals surface area contributed by atoms with Gasteiger partial charge in [0.2, 0.25) is 10.0 Å². The number of benzene rings is 1. The Bertz CT molecular complexity index is 637. The molecule has 0 aliphatic carbocycles. The van der Waals surface area contributed by atoms with Crippen LogP contribution >= 0.6 is 11.6 Å². The maximum atomic E-state index is 11.4. The summed E-state index contributed by atoms with van der Waals surface area (Å²) in [7, 11) is -3.21. The number of nitrogens with zero attached hydrogens (tertiary/aromatic N) is 1. The molecule has 0 saturated carbocycles. The number of para-hydroxylation sites is 1. The van der Waals surface area contributed by atoms with Gasteiger partial charge in [0.25, 0.3) is 0 Å². The van der Waals surface area contributed by atoms with Crippen LogP contribution in [0.2, 0.25) is 0 Å². The number of nitrogens with one attached hydrogen (secondary N) is 1. The zero-order valence-corrected chi connectivity index (χ0v) is 12.1. The van der Waals surface area contributed by atoms with Crippen molar-refractivity contribution >= 4 is 32.5 Å². The van der Waals surface area contributed by atoms with E-state index in [1.54, 1.807) is 0 Å². The zero-order chi connectivity index (χ0) is 13.7. The van der Waals surface area contributed by atoms with Gasteiger partial charge in [-0.3, -0.25) is 0 Å². The topological polar surface area (TPSA) is 51.1 Å². The normalized spacial score (nSPS) is 12.1. The van der Waals surface area contributed by atoms with E-state index in [4.69, 9.17) is 11.6 Å². The van der Waals surface area contributed by atoms with Crippen LogP contribution in [-0.2, 0) is 16.6 Å². The highest BCUT2D eigenvalue weighted by molar-refractivity contribution is 7.89. The number of sulfonamides is 1. The highest BCUT2D eigenvalue weighted by Gasteiger charge is 2.07. The molecule has 1 N–H and O–H groups in total. The highest BCUT2D eigenvalue weighted by atomic mass is 35.5. The lowest BCUT2D eigenvalue weighted by Crippen LogP contribution is -2.28. The average molecular weight is 301 g/mol. The van der Waals surface area contributed by atoms with Gasteiger partial charge in [-0.2, -0.15) is 0 Å². The van der Waals surface area contributed by atoms with E-state index in [2.05, 4.69) is 27.5 Å². The monoisotopic (exact) mass is 300 g/mol. The number of hydrogen-bond acceptors (Lipinski definition) is 2. The van der Waals surface area contributed by atoms with E-state index in [1.165, 1.54) is 10.9 Å².